The molecule has 2 N–H and O–H groups in total. The first-order chi connectivity index (χ1) is 13.4. The van der Waals surface area contributed by atoms with Crippen molar-refractivity contribution >= 4 is 24.6 Å². The summed E-state index contributed by atoms with van der Waals surface area (Å²) in [6.45, 7) is 1.67. The molecule has 0 bridgehead atoms. The number of rotatable bonds is 8. The zero-order chi connectivity index (χ0) is 20.0. The Balaban J connectivity index is 1.56. The number of hydrogen-bond acceptors (Lipinski definition) is 6. The fourth-order valence-corrected chi connectivity index (χ4v) is 3.31. The normalized spacial score (nSPS) is 14.2. The number of phosphoric acid groups is 1. The third-order valence-corrected chi connectivity index (χ3v) is 4.70. The van der Waals surface area contributed by atoms with E-state index in [2.05, 4.69) is 10.0 Å². The molecule has 1 unspecified atom stereocenters. The van der Waals surface area contributed by atoms with Crippen LogP contribution in [0.4, 0.5) is 0 Å². The van der Waals surface area contributed by atoms with Crippen LogP contribution in [0.25, 0.3) is 10.8 Å². The fourth-order valence-electron chi connectivity index (χ4n) is 2.48. The van der Waals surface area contributed by atoms with Gasteiger partial charge in [0.25, 0.3) is 0 Å². The standard InChI is InChI=1S/C20H20NO6P/c1-15(21-25-14-16-8-3-2-4-9-16)20(22)27-28(23,24)26-19-13-7-11-17-10-5-6-12-18(17)19/h2-13,15,21H,14H2,1H3,(H,23,24)/t15-/m0/s1. The van der Waals surface area contributed by atoms with Crippen LogP contribution in [0, 0.1) is 0 Å². The van der Waals surface area contributed by atoms with Crippen molar-refractivity contribution in [2.75, 3.05) is 0 Å². The molecule has 0 aliphatic carbocycles. The van der Waals surface area contributed by atoms with Gasteiger partial charge in [-0.25, -0.2) is 9.36 Å². The Morgan fingerprint density at radius 1 is 1.04 bits per heavy atom. The first kappa shape index (κ1) is 20.0. The molecule has 0 aliphatic heterocycles. The Hall–Kier alpha value is -2.70. The summed E-state index contributed by atoms with van der Waals surface area (Å²) in [5.74, 6) is -0.822. The van der Waals surface area contributed by atoms with Gasteiger partial charge in [0.05, 0.1) is 6.61 Å². The molecule has 0 aromatic heterocycles. The number of carbonyl (C=O) groups is 1. The first-order valence-electron chi connectivity index (χ1n) is 8.59. The van der Waals surface area contributed by atoms with E-state index >= 15 is 0 Å². The Kier molecular flexibility index (Phi) is 6.44. The number of fused-ring (bicyclic) bond motifs is 1. The minimum absolute atomic E-state index is 0.151. The van der Waals surface area contributed by atoms with E-state index in [0.29, 0.717) is 5.39 Å². The molecule has 28 heavy (non-hydrogen) atoms. The zero-order valence-electron chi connectivity index (χ0n) is 15.1. The van der Waals surface area contributed by atoms with E-state index in [-0.39, 0.29) is 12.4 Å². The summed E-state index contributed by atoms with van der Waals surface area (Å²) in [6.07, 6.45) is 0. The molecule has 0 radical (unpaired) electrons. The Labute approximate surface area is 162 Å². The molecule has 7 nitrogen and oxygen atoms in total. The molecular weight excluding hydrogens is 381 g/mol. The summed E-state index contributed by atoms with van der Waals surface area (Å²) in [7, 11) is -4.66. The van der Waals surface area contributed by atoms with Crippen LogP contribution in [-0.2, 0) is 25.3 Å². The van der Waals surface area contributed by atoms with Gasteiger partial charge in [-0.05, 0) is 23.9 Å². The highest BCUT2D eigenvalue weighted by molar-refractivity contribution is 7.48. The lowest BCUT2D eigenvalue weighted by Crippen LogP contribution is -2.35. The highest BCUT2D eigenvalue weighted by Gasteiger charge is 2.31. The van der Waals surface area contributed by atoms with Gasteiger partial charge in [0.2, 0.25) is 0 Å². The van der Waals surface area contributed by atoms with E-state index in [1.54, 1.807) is 18.2 Å². The van der Waals surface area contributed by atoms with Crippen molar-refractivity contribution in [3.63, 3.8) is 0 Å². The molecule has 3 aromatic carbocycles. The lowest BCUT2D eigenvalue weighted by Gasteiger charge is -2.17. The van der Waals surface area contributed by atoms with E-state index < -0.39 is 19.8 Å². The molecule has 2 atom stereocenters. The summed E-state index contributed by atoms with van der Waals surface area (Å²) in [5.41, 5.74) is 3.39. The van der Waals surface area contributed by atoms with E-state index in [1.807, 2.05) is 48.5 Å². The van der Waals surface area contributed by atoms with Crippen LogP contribution >= 0.6 is 7.82 Å². The van der Waals surface area contributed by atoms with Gasteiger partial charge in [-0.15, -0.1) is 0 Å². The molecule has 8 heteroatoms. The van der Waals surface area contributed by atoms with Crippen LogP contribution in [-0.4, -0.2) is 16.9 Å². The van der Waals surface area contributed by atoms with Crippen LogP contribution < -0.4 is 10.0 Å². The minimum atomic E-state index is -4.66. The fraction of sp³-hybridized carbons (Fsp3) is 0.150. The smallest absolute Gasteiger partial charge is 0.394 e. The van der Waals surface area contributed by atoms with Crippen molar-refractivity contribution < 1.29 is 28.1 Å². The van der Waals surface area contributed by atoms with E-state index in [1.165, 1.54) is 13.0 Å². The number of nitrogens with one attached hydrogen (secondary N) is 1. The first-order valence-corrected chi connectivity index (χ1v) is 10.1. The molecule has 3 rings (SSSR count). The average Bonchev–Trinajstić information content (AvgIpc) is 2.68. The maximum Gasteiger partial charge on any atom is 0.587 e. The van der Waals surface area contributed by atoms with Gasteiger partial charge in [-0.1, -0.05) is 66.7 Å². The molecular formula is C20H20NO6P. The molecule has 3 aromatic rings. The van der Waals surface area contributed by atoms with Gasteiger partial charge < -0.3 is 9.05 Å². The highest BCUT2D eigenvalue weighted by Crippen LogP contribution is 2.46. The maximum atomic E-state index is 12.3. The summed E-state index contributed by atoms with van der Waals surface area (Å²) in [6, 6.07) is 20.6. The van der Waals surface area contributed by atoms with Crippen LogP contribution in [0.5, 0.6) is 5.75 Å². The monoisotopic (exact) mass is 401 g/mol. The predicted octanol–water partition coefficient (Wildman–Crippen LogP) is 3.97. The largest absolute Gasteiger partial charge is 0.587 e. The quantitative estimate of drug-likeness (QED) is 0.436. The van der Waals surface area contributed by atoms with Crippen LogP contribution in [0.1, 0.15) is 12.5 Å². The number of carbonyl (C=O) groups excluding carboxylic acids is 1. The summed E-state index contributed by atoms with van der Waals surface area (Å²) < 4.78 is 22.0. The lowest BCUT2D eigenvalue weighted by molar-refractivity contribution is -0.142. The minimum Gasteiger partial charge on any atom is -0.394 e. The number of phosphoric ester groups is 1. The number of hydroxylamine groups is 1. The number of hydrogen-bond donors (Lipinski definition) is 2. The molecule has 146 valence electrons. The zero-order valence-corrected chi connectivity index (χ0v) is 16.0. The van der Waals surface area contributed by atoms with Crippen molar-refractivity contribution in [2.24, 2.45) is 0 Å². The molecule has 0 aliphatic rings. The topological polar surface area (TPSA) is 94.1 Å². The van der Waals surface area contributed by atoms with Gasteiger partial charge in [0, 0.05) is 5.39 Å². The van der Waals surface area contributed by atoms with Crippen molar-refractivity contribution in [2.45, 2.75) is 19.6 Å². The van der Waals surface area contributed by atoms with E-state index in [9.17, 15) is 14.3 Å². The SMILES string of the molecule is C[C@H](NOCc1ccccc1)C(=O)OP(=O)(O)Oc1cccc2ccccc12. The van der Waals surface area contributed by atoms with Crippen molar-refractivity contribution in [3.05, 3.63) is 78.4 Å². The predicted molar refractivity (Wildman–Crippen MR) is 104 cm³/mol. The van der Waals surface area contributed by atoms with Crippen LogP contribution in [0.15, 0.2) is 72.8 Å². The Bertz CT molecular complexity index is 989. The highest BCUT2D eigenvalue weighted by atomic mass is 31.2. The third kappa shape index (κ3) is 5.41. The second-order valence-electron chi connectivity index (χ2n) is 6.06. The average molecular weight is 401 g/mol. The second-order valence-corrected chi connectivity index (χ2v) is 7.36. The van der Waals surface area contributed by atoms with Crippen LogP contribution in [0.2, 0.25) is 0 Å². The molecule has 0 spiro atoms. The van der Waals surface area contributed by atoms with Gasteiger partial charge in [-0.3, -0.25) is 9.73 Å². The second kappa shape index (κ2) is 8.99. The summed E-state index contributed by atoms with van der Waals surface area (Å²) in [5, 5.41) is 1.46. The van der Waals surface area contributed by atoms with Gasteiger partial charge >= 0.3 is 13.8 Å². The third-order valence-electron chi connectivity index (χ3n) is 3.86. The van der Waals surface area contributed by atoms with E-state index in [0.717, 1.165) is 10.9 Å². The number of benzene rings is 3. The van der Waals surface area contributed by atoms with Gasteiger partial charge in [0.1, 0.15) is 11.8 Å². The van der Waals surface area contributed by atoms with Gasteiger partial charge in [0.15, 0.2) is 0 Å². The van der Waals surface area contributed by atoms with Crippen molar-refractivity contribution in [1.29, 1.82) is 0 Å². The molecule has 0 heterocycles. The van der Waals surface area contributed by atoms with Crippen LogP contribution in [0.3, 0.4) is 0 Å². The maximum absolute atomic E-state index is 12.3. The summed E-state index contributed by atoms with van der Waals surface area (Å²) >= 11 is 0. The molecule has 0 saturated carbocycles. The summed E-state index contributed by atoms with van der Waals surface area (Å²) in [4.78, 5) is 27.3. The Morgan fingerprint density at radius 2 is 1.71 bits per heavy atom. The molecule has 0 saturated heterocycles. The van der Waals surface area contributed by atoms with E-state index in [4.69, 9.17) is 9.36 Å². The van der Waals surface area contributed by atoms with Crippen molar-refractivity contribution in [3.8, 4) is 5.75 Å². The van der Waals surface area contributed by atoms with Gasteiger partial charge in [-0.2, -0.15) is 5.48 Å². The Morgan fingerprint density at radius 3 is 2.50 bits per heavy atom. The van der Waals surface area contributed by atoms with Crippen molar-refractivity contribution in [1.82, 2.24) is 5.48 Å². The molecule has 0 amide bonds. The lowest BCUT2D eigenvalue weighted by atomic mass is 10.1. The molecule has 0 fully saturated rings.